The minimum absolute atomic E-state index is 0.0878. The summed E-state index contributed by atoms with van der Waals surface area (Å²) in [7, 11) is 4.94. The fraction of sp³-hybridized carbons (Fsp3) is 0.393. The number of methoxy groups -OCH3 is 3. The summed E-state index contributed by atoms with van der Waals surface area (Å²) in [4.78, 5) is 35.3. The van der Waals surface area contributed by atoms with E-state index in [1.807, 2.05) is 24.3 Å². The Morgan fingerprint density at radius 2 is 1.57 bits per heavy atom. The molecule has 0 atom stereocenters. The third-order valence-corrected chi connectivity index (χ3v) is 6.87. The van der Waals surface area contributed by atoms with Gasteiger partial charge >= 0.3 is 11.9 Å². The molecule has 2 aromatic carbocycles. The van der Waals surface area contributed by atoms with Crippen molar-refractivity contribution in [3.05, 3.63) is 51.6 Å². The number of anilines is 1. The van der Waals surface area contributed by atoms with Gasteiger partial charge in [-0.05, 0) is 77.9 Å². The van der Waals surface area contributed by atoms with E-state index in [1.165, 1.54) is 5.69 Å². The second kappa shape index (κ2) is 17.2. The molecule has 218 valence electrons. The molecular formula is C28H36IN3O8. The molecule has 1 aliphatic heterocycles. The molecule has 0 bridgehead atoms. The number of aliphatic carboxylic acids is 2. The van der Waals surface area contributed by atoms with Gasteiger partial charge in [0.15, 0.2) is 11.5 Å². The van der Waals surface area contributed by atoms with Gasteiger partial charge in [0.25, 0.3) is 0 Å². The first-order valence-corrected chi connectivity index (χ1v) is 13.7. The van der Waals surface area contributed by atoms with E-state index in [0.717, 1.165) is 60.4 Å². The molecule has 0 aromatic heterocycles. The van der Waals surface area contributed by atoms with Gasteiger partial charge in [0.1, 0.15) is 5.75 Å². The molecule has 1 fully saturated rings. The second-order valence-corrected chi connectivity index (χ2v) is 9.84. The Kier molecular flexibility index (Phi) is 14.1. The molecule has 0 aliphatic carbocycles. The quantitative estimate of drug-likeness (QED) is 0.142. The molecule has 0 radical (unpaired) electrons. The van der Waals surface area contributed by atoms with Gasteiger partial charge in [-0.3, -0.25) is 9.69 Å². The Bertz CT molecular complexity index is 1150. The van der Waals surface area contributed by atoms with Gasteiger partial charge in [0.2, 0.25) is 5.91 Å². The first kappa shape index (κ1) is 32.7. The molecule has 11 nitrogen and oxygen atoms in total. The molecule has 12 heteroatoms. The van der Waals surface area contributed by atoms with Gasteiger partial charge in [-0.25, -0.2) is 9.59 Å². The van der Waals surface area contributed by atoms with Crippen LogP contribution < -0.4 is 24.4 Å². The molecule has 2 aromatic rings. The van der Waals surface area contributed by atoms with Crippen LogP contribution in [0.5, 0.6) is 17.2 Å². The number of ether oxygens (including phenoxy) is 3. The summed E-state index contributed by atoms with van der Waals surface area (Å²) in [6.45, 7) is 5.80. The van der Waals surface area contributed by atoms with E-state index >= 15 is 0 Å². The number of halogens is 1. The van der Waals surface area contributed by atoms with E-state index in [-0.39, 0.29) is 5.91 Å². The van der Waals surface area contributed by atoms with Crippen molar-refractivity contribution in [3.63, 3.8) is 0 Å². The van der Waals surface area contributed by atoms with Crippen LogP contribution >= 0.6 is 22.6 Å². The van der Waals surface area contributed by atoms with Gasteiger partial charge in [-0.15, -0.1) is 0 Å². The molecule has 3 rings (SSSR count). The number of nitrogens with one attached hydrogen (secondary N) is 1. The van der Waals surface area contributed by atoms with Gasteiger partial charge in [-0.1, -0.05) is 12.1 Å². The molecule has 1 amide bonds. The molecule has 3 N–H and O–H groups in total. The molecule has 0 spiro atoms. The van der Waals surface area contributed by atoms with Gasteiger partial charge < -0.3 is 34.6 Å². The maximum absolute atomic E-state index is 12.2. The highest BCUT2D eigenvalue weighted by Crippen LogP contribution is 2.34. The van der Waals surface area contributed by atoms with Crippen molar-refractivity contribution in [2.45, 2.75) is 12.8 Å². The summed E-state index contributed by atoms with van der Waals surface area (Å²) in [5.74, 6) is -1.45. The number of piperazine rings is 1. The van der Waals surface area contributed by atoms with Crippen LogP contribution in [0.3, 0.4) is 0 Å². The zero-order valence-electron chi connectivity index (χ0n) is 22.9. The van der Waals surface area contributed by atoms with Gasteiger partial charge in [-0.2, -0.15) is 0 Å². The van der Waals surface area contributed by atoms with Crippen LogP contribution in [-0.4, -0.2) is 93.6 Å². The highest BCUT2D eigenvalue weighted by atomic mass is 127. The van der Waals surface area contributed by atoms with Crippen LogP contribution in [0.25, 0.3) is 6.08 Å². The average molecular weight is 670 g/mol. The Morgan fingerprint density at radius 1 is 0.925 bits per heavy atom. The minimum Gasteiger partial charge on any atom is -0.495 e. The molecule has 1 saturated heterocycles. The number of nitrogens with zero attached hydrogens (tertiary/aromatic N) is 2. The molecule has 1 aliphatic rings. The number of hydrogen-bond donors (Lipinski definition) is 3. The van der Waals surface area contributed by atoms with Crippen molar-refractivity contribution in [3.8, 4) is 17.2 Å². The molecular weight excluding hydrogens is 633 g/mol. The SMILES string of the molecule is COc1ccccc1N1CCN(CCCCNC(=O)/C=C/c2cc(I)c(OC)c(OC)c2)CC1.O=C(O)C(=O)O. The third kappa shape index (κ3) is 10.6. The lowest BCUT2D eigenvalue weighted by Crippen LogP contribution is -2.46. The van der Waals surface area contributed by atoms with Gasteiger partial charge in [0.05, 0.1) is 30.6 Å². The summed E-state index contributed by atoms with van der Waals surface area (Å²) in [5.41, 5.74) is 2.06. The van der Waals surface area contributed by atoms with Crippen molar-refractivity contribution in [1.29, 1.82) is 0 Å². The van der Waals surface area contributed by atoms with Crippen LogP contribution in [0.2, 0.25) is 0 Å². The Hall–Kier alpha value is -3.52. The number of hydrogen-bond acceptors (Lipinski definition) is 8. The van der Waals surface area contributed by atoms with E-state index < -0.39 is 11.9 Å². The summed E-state index contributed by atoms with van der Waals surface area (Å²) >= 11 is 2.20. The minimum atomic E-state index is -1.82. The summed E-state index contributed by atoms with van der Waals surface area (Å²) in [5, 5.41) is 17.8. The maximum atomic E-state index is 12.2. The van der Waals surface area contributed by atoms with E-state index in [2.05, 4.69) is 49.8 Å². The first-order chi connectivity index (χ1) is 19.2. The van der Waals surface area contributed by atoms with Crippen molar-refractivity contribution in [2.24, 2.45) is 0 Å². The topological polar surface area (TPSA) is 138 Å². The van der Waals surface area contributed by atoms with Crippen LogP contribution in [0.4, 0.5) is 5.69 Å². The molecule has 0 unspecified atom stereocenters. The monoisotopic (exact) mass is 669 g/mol. The Labute approximate surface area is 247 Å². The second-order valence-electron chi connectivity index (χ2n) is 8.68. The zero-order valence-corrected chi connectivity index (χ0v) is 25.0. The molecule has 0 saturated carbocycles. The van der Waals surface area contributed by atoms with Crippen LogP contribution in [0, 0.1) is 3.57 Å². The third-order valence-electron chi connectivity index (χ3n) is 6.06. The van der Waals surface area contributed by atoms with E-state index in [1.54, 1.807) is 33.5 Å². The molecule has 1 heterocycles. The number of rotatable bonds is 11. The lowest BCUT2D eigenvalue weighted by Gasteiger charge is -2.36. The standard InChI is InChI=1S/C26H34IN3O4.C2H2O4/c1-32-23-9-5-4-8-22(23)30-16-14-29(15-17-30)13-7-6-12-28-25(31)11-10-20-18-21(27)26(34-3)24(19-20)33-2;3-1(4)2(5)6/h4-5,8-11,18-19H,6-7,12-17H2,1-3H3,(H,28,31);(H,3,4)(H,5,6)/b11-10+;. The van der Waals surface area contributed by atoms with E-state index in [4.69, 9.17) is 34.0 Å². The van der Waals surface area contributed by atoms with Crippen LogP contribution in [-0.2, 0) is 14.4 Å². The summed E-state index contributed by atoms with van der Waals surface area (Å²) in [6, 6.07) is 12.0. The highest BCUT2D eigenvalue weighted by molar-refractivity contribution is 14.1. The molecule has 40 heavy (non-hydrogen) atoms. The van der Waals surface area contributed by atoms with E-state index in [0.29, 0.717) is 18.0 Å². The van der Waals surface area contributed by atoms with Crippen molar-refractivity contribution >= 4 is 52.2 Å². The maximum Gasteiger partial charge on any atom is 0.414 e. The lowest BCUT2D eigenvalue weighted by atomic mass is 10.2. The fourth-order valence-electron chi connectivity index (χ4n) is 4.04. The Balaban J connectivity index is 0.000000840. The number of unbranched alkanes of at least 4 members (excludes halogenated alkanes) is 1. The number of benzene rings is 2. The lowest BCUT2D eigenvalue weighted by molar-refractivity contribution is -0.159. The first-order valence-electron chi connectivity index (χ1n) is 12.6. The smallest absolute Gasteiger partial charge is 0.414 e. The van der Waals surface area contributed by atoms with E-state index in [9.17, 15) is 4.79 Å². The number of carbonyl (C=O) groups excluding carboxylic acids is 1. The van der Waals surface area contributed by atoms with Crippen molar-refractivity contribution in [1.82, 2.24) is 10.2 Å². The predicted octanol–water partition coefficient (Wildman–Crippen LogP) is 3.20. The average Bonchev–Trinajstić information content (AvgIpc) is 2.96. The Morgan fingerprint density at radius 3 is 2.17 bits per heavy atom. The number of carbonyl (C=O) groups is 3. The number of amides is 1. The van der Waals surface area contributed by atoms with Gasteiger partial charge in [0, 0.05) is 38.8 Å². The van der Waals surface area contributed by atoms with Crippen molar-refractivity contribution < 1.29 is 38.8 Å². The zero-order chi connectivity index (χ0) is 29.5. The summed E-state index contributed by atoms with van der Waals surface area (Å²) < 4.78 is 17.2. The van der Waals surface area contributed by atoms with Crippen LogP contribution in [0.1, 0.15) is 18.4 Å². The fourth-order valence-corrected chi connectivity index (χ4v) is 4.89. The summed E-state index contributed by atoms with van der Waals surface area (Å²) in [6.07, 6.45) is 5.38. The number of carboxylic acids is 2. The largest absolute Gasteiger partial charge is 0.495 e. The number of para-hydroxylation sites is 2. The predicted molar refractivity (Wildman–Crippen MR) is 160 cm³/mol. The number of carboxylic acid groups (broad SMARTS) is 2. The van der Waals surface area contributed by atoms with Crippen LogP contribution in [0.15, 0.2) is 42.5 Å². The normalized spacial score (nSPS) is 13.2. The highest BCUT2D eigenvalue weighted by Gasteiger charge is 2.19. The van der Waals surface area contributed by atoms with Crippen molar-refractivity contribution in [2.75, 3.05) is 65.5 Å².